The van der Waals surface area contributed by atoms with Crippen LogP contribution in [0.5, 0.6) is 0 Å². The number of nitrogens with two attached hydrogens (primary N) is 8. The molecule has 10 rings (SSSR count). The van der Waals surface area contributed by atoms with Crippen LogP contribution in [0, 0.1) is 5.41 Å². The van der Waals surface area contributed by atoms with Crippen molar-refractivity contribution in [3.05, 3.63) is 0 Å². The van der Waals surface area contributed by atoms with Gasteiger partial charge in [-0.05, 0) is 50.0 Å². The zero-order valence-corrected chi connectivity index (χ0v) is 67.7. The summed E-state index contributed by atoms with van der Waals surface area (Å²) in [5.41, 5.74) is 34.7. The van der Waals surface area contributed by atoms with E-state index in [1.54, 1.807) is 42.5 Å². The lowest BCUT2D eigenvalue weighted by Gasteiger charge is -2.14. The van der Waals surface area contributed by atoms with Gasteiger partial charge in [0.05, 0.1) is 49.9 Å². The van der Waals surface area contributed by atoms with Crippen LogP contribution in [0.25, 0.3) is 0 Å². The Hall–Kier alpha value is -6.02. The smallest absolute Gasteiger partial charge is 0.325 e. The number of guanidine groups is 4. The van der Waals surface area contributed by atoms with Gasteiger partial charge in [-0.1, -0.05) is 108 Å². The number of hydrogen-bond acceptors (Lipinski definition) is 30. The van der Waals surface area contributed by atoms with Crippen LogP contribution in [0.4, 0.5) is 0 Å². The maximum atomic E-state index is 10.8. The summed E-state index contributed by atoms with van der Waals surface area (Å²) in [5, 5.41) is 68.4. The third-order valence-electron chi connectivity index (χ3n) is 9.99. The van der Waals surface area contributed by atoms with Crippen LogP contribution in [0.3, 0.4) is 0 Å². The molecule has 0 bridgehead atoms. The molecule has 101 heavy (non-hydrogen) atoms. The molecule has 30 N–H and O–H groups in total. The highest BCUT2D eigenvalue weighted by Gasteiger charge is 2.25. The lowest BCUT2D eigenvalue weighted by atomic mass is 10.4. The molecule has 0 unspecified atom stereocenters. The lowest BCUT2D eigenvalue weighted by Crippen LogP contribution is -2.42. The normalized spacial score (nSPS) is 16.2. The van der Waals surface area contributed by atoms with Crippen molar-refractivity contribution in [1.29, 1.82) is 5.41 Å². The van der Waals surface area contributed by atoms with E-state index in [4.69, 9.17) is 133 Å². The summed E-state index contributed by atoms with van der Waals surface area (Å²) in [6.07, 6.45) is 0.790. The number of amides is 4. The molecule has 576 valence electrons. The van der Waals surface area contributed by atoms with E-state index in [2.05, 4.69) is 97.2 Å². The van der Waals surface area contributed by atoms with Crippen LogP contribution in [-0.2, 0) is 38.4 Å². The van der Waals surface area contributed by atoms with Crippen LogP contribution in [-0.4, -0.2) is 296 Å². The Bertz CT molecular complexity index is 2720. The van der Waals surface area contributed by atoms with Crippen molar-refractivity contribution in [2.45, 2.75) is 26.2 Å². The van der Waals surface area contributed by atoms with Gasteiger partial charge in [0.1, 0.15) is 38.3 Å². The first kappa shape index (κ1) is 106. The van der Waals surface area contributed by atoms with E-state index in [9.17, 15) is 38.4 Å². The Morgan fingerprint density at radius 3 is 1.34 bits per heavy atom. The van der Waals surface area contributed by atoms with Gasteiger partial charge < -0.3 is 118 Å². The van der Waals surface area contributed by atoms with Gasteiger partial charge in [-0.3, -0.25) is 68.6 Å². The molecule has 0 spiro atoms. The van der Waals surface area contributed by atoms with Crippen LogP contribution in [0.1, 0.15) is 26.2 Å². The van der Waals surface area contributed by atoms with Crippen molar-refractivity contribution in [3.63, 3.8) is 0 Å². The molecule has 8 saturated heterocycles. The summed E-state index contributed by atoms with van der Waals surface area (Å²) in [6.45, 7) is 12.0. The molecule has 54 heteroatoms. The number of rotatable bonds is 10. The molecule has 0 aromatic heterocycles. The van der Waals surface area contributed by atoms with Crippen molar-refractivity contribution in [2.75, 3.05) is 141 Å². The minimum Gasteiger partial charge on any atom is -0.481 e. The van der Waals surface area contributed by atoms with Gasteiger partial charge in [-0.2, -0.15) is 0 Å². The fourth-order valence-electron chi connectivity index (χ4n) is 5.52. The Balaban J connectivity index is -0.000000242. The predicted octanol–water partition coefficient (Wildman–Crippen LogP) is -4.21. The number of aliphatic imine (C=N–C) groups is 5. The summed E-state index contributed by atoms with van der Waals surface area (Å²) in [6, 6.07) is 0. The molecule has 0 aromatic carbocycles. The van der Waals surface area contributed by atoms with Crippen molar-refractivity contribution < 1.29 is 58.8 Å². The van der Waals surface area contributed by atoms with Crippen LogP contribution in [0.2, 0.25) is 0 Å². The number of carboxylic acid groups (broad SMARTS) is 4. The number of thioether (sulfide) groups is 5. The zero-order chi connectivity index (χ0) is 75.1. The van der Waals surface area contributed by atoms with Gasteiger partial charge in [0, 0.05) is 84.5 Å². The molecule has 4 amide bonds. The number of hydrogen-bond donors (Lipinski definition) is 22. The molecule has 10 aliphatic heterocycles. The van der Waals surface area contributed by atoms with Crippen LogP contribution < -0.4 is 93.8 Å². The van der Waals surface area contributed by atoms with Crippen LogP contribution in [0.15, 0.2) is 25.0 Å². The second-order valence-electron chi connectivity index (χ2n) is 17.8. The fraction of sp³-hybridized carbons (Fsp3) is 0.553. The fourth-order valence-corrected chi connectivity index (χ4v) is 10.8. The maximum absolute atomic E-state index is 10.8. The summed E-state index contributed by atoms with van der Waals surface area (Å²) in [7, 11) is 3.46. The van der Waals surface area contributed by atoms with E-state index >= 15 is 0 Å². The van der Waals surface area contributed by atoms with Gasteiger partial charge in [0.15, 0.2) is 48.7 Å². The Labute approximate surface area is 665 Å². The molecular formula is C47H88BrCl2N27O12S12. The van der Waals surface area contributed by atoms with Gasteiger partial charge in [-0.15, -0.1) is 41.8 Å². The molecular weight excluding hydrogens is 1670 g/mol. The van der Waals surface area contributed by atoms with Crippen LogP contribution >= 0.6 is 186 Å². The van der Waals surface area contributed by atoms with Crippen molar-refractivity contribution in [1.82, 2.24) is 67.6 Å². The average molecular weight is 1760 g/mol. The molecule has 10 heterocycles. The number of carboxylic acids is 4. The molecule has 0 saturated carbocycles. The second-order valence-corrected chi connectivity index (χ2v) is 26.7. The van der Waals surface area contributed by atoms with E-state index in [-0.39, 0.29) is 116 Å². The van der Waals surface area contributed by atoms with Crippen molar-refractivity contribution in [2.24, 2.45) is 70.9 Å². The quantitative estimate of drug-likeness (QED) is 0.0324. The minimum atomic E-state index is -1.06. The minimum absolute atomic E-state index is 0. The topological polar surface area (TPSA) is 633 Å². The first-order valence-corrected chi connectivity index (χ1v) is 35.7. The van der Waals surface area contributed by atoms with Crippen molar-refractivity contribution in [3.8, 4) is 0 Å². The summed E-state index contributed by atoms with van der Waals surface area (Å²) in [4.78, 5) is 104. The molecule has 0 atom stereocenters. The Morgan fingerprint density at radius 1 is 0.614 bits per heavy atom. The number of halogens is 3. The highest BCUT2D eigenvalue weighted by Crippen LogP contribution is 2.18. The molecule has 0 aliphatic carbocycles. The standard InChI is InChI=1S/C5H9N3O2.C5H7NOS2.C4H9N3O2.C4H9N3.C4H8N2S.C4H5NOS2.C3H7N3O2.C3H6N2O2.C3H4N2OS2.C3H4N2OS.2C3H6N2S.C3H5NS2.BrH.2ClH/c6-5-7-1-2-8(5)3-4(9)10;1-2-6-4(7)3-9-5(6)8;5-4(6)7-2-1-3(8)9;1-5-4-6-2-3-7-4;7-4-5-2-1-3-6-4;1-5-3(6)2-8-4(5)7;4-3(5)6-1-2(7)8;4-2(5)1-3(6)7;4-5-2(6)1-8-3(5)7;6-2-1-4-3(7)5-2;4-3-5-1-2-6-3;6-3-4-1-2-5-3;5-3-4-1-2-6-3;;;/h1-3H2,(H2,6,7)(H,9,10);2-3H2,1H3;1-2H2,(H,8,9)(H4,5,6,7);2-3H2,1H3,(H2,5,6,7);1-3H2,(H2,5,6,7);2H2,1H3;1H2,(H,7,8)(H4,4,5,6);1H2,(H3,4,5)(H,6,7);1,4H2;1H2,(H2,4,5,6,7);1-2H2,(H2,4,5);1-2H2,(H2,4,5,6);1-2H2,(H,4,5);3*1H. The zero-order valence-electron chi connectivity index (χ0n) is 54.6. The number of amidine groups is 2. The number of nitrogens with one attached hydrogen (secondary N) is 10. The molecule has 10 aliphatic rings. The summed E-state index contributed by atoms with van der Waals surface area (Å²) >= 11 is 40.6. The number of aliphatic carboxylic acids is 4. The number of nitrogens with zero attached hydrogens (tertiary/aromatic N) is 9. The van der Waals surface area contributed by atoms with E-state index in [1.807, 2.05) is 6.92 Å². The van der Waals surface area contributed by atoms with E-state index in [0.29, 0.717) is 63.2 Å². The van der Waals surface area contributed by atoms with Gasteiger partial charge in [0.25, 0.3) is 5.91 Å². The number of carbonyl (C=O) groups excluding carboxylic acids is 4. The molecule has 0 radical (unpaired) electrons. The predicted molar refractivity (Wildman–Crippen MR) is 444 cm³/mol. The number of carbonyl (C=O) groups is 8. The van der Waals surface area contributed by atoms with Crippen molar-refractivity contribution >= 4 is 301 Å². The summed E-state index contributed by atoms with van der Waals surface area (Å²) in [5.74, 6) is 5.70. The van der Waals surface area contributed by atoms with E-state index in [1.165, 1.54) is 51.5 Å². The van der Waals surface area contributed by atoms with Gasteiger partial charge in [0.2, 0.25) is 17.7 Å². The van der Waals surface area contributed by atoms with Gasteiger partial charge >= 0.3 is 23.9 Å². The van der Waals surface area contributed by atoms with Gasteiger partial charge in [-0.25, -0.2) is 15.8 Å². The number of thiocarbonyl (C=S) groups is 7. The number of hydrazine groups is 1. The molecule has 39 nitrogen and oxygen atoms in total. The Morgan fingerprint density at radius 2 is 1.14 bits per heavy atom. The third kappa shape index (κ3) is 64.6. The molecule has 8 fully saturated rings. The lowest BCUT2D eigenvalue weighted by molar-refractivity contribution is -0.138. The molecule has 0 aromatic rings. The Kier molecular flexibility index (Phi) is 69.2. The first-order chi connectivity index (χ1) is 46.1. The highest BCUT2D eigenvalue weighted by atomic mass is 79.9. The summed E-state index contributed by atoms with van der Waals surface area (Å²) < 4.78 is 2.84. The van der Waals surface area contributed by atoms with E-state index < -0.39 is 23.9 Å². The first-order valence-electron chi connectivity index (χ1n) is 28.0. The third-order valence-corrected chi connectivity index (χ3v) is 17.3. The second kappa shape index (κ2) is 66.0. The monoisotopic (exact) mass is 1760 g/mol. The largest absolute Gasteiger partial charge is 0.481 e. The average Bonchev–Trinajstić information content (AvgIpc) is 1.77. The van der Waals surface area contributed by atoms with E-state index in [0.717, 1.165) is 98.9 Å². The SMILES string of the molecule is Br.CCN1C(=O)CSC1=S.CN1C(=O)CSC1=S.CN=C1NCCN1.Cl.Cl.N=C(N)CC(=O)O.NC(N)=NCC(=O)O.NC(N)=NCCC(=O)O.NC1=NCCN1CC(=O)O.NC1=NCCS1.NN1C(=O)CSC1=S.O=C1CNC(=S)N1.S=C1NCCCN1.S=C1NCCN1.S=C1NCCS1. The maximum Gasteiger partial charge on any atom is 0.325 e. The highest BCUT2D eigenvalue weighted by molar-refractivity contribution is 8.93.